The van der Waals surface area contributed by atoms with Gasteiger partial charge in [-0.05, 0) is 13.8 Å². The Morgan fingerprint density at radius 1 is 0.800 bits per heavy atom. The van der Waals surface area contributed by atoms with E-state index in [1.54, 1.807) is 6.92 Å². The van der Waals surface area contributed by atoms with Crippen molar-refractivity contribution in [3.05, 3.63) is 72.3 Å². The maximum atomic E-state index is 7.57. The van der Waals surface area contributed by atoms with Gasteiger partial charge >= 0.3 is 0 Å². The molecule has 2 aromatic carbocycles. The van der Waals surface area contributed by atoms with Crippen molar-refractivity contribution in [2.45, 2.75) is 18.1 Å². The maximum Gasteiger partial charge on any atom is 0.180 e. The third-order valence-electron chi connectivity index (χ3n) is 1.61. The van der Waals surface area contributed by atoms with E-state index in [-0.39, 0.29) is 6.61 Å². The van der Waals surface area contributed by atoms with Gasteiger partial charge in [-0.15, -0.1) is 0 Å². The molecule has 0 fully saturated rings. The molecule has 1 nitrogen and oxygen atoms in total. The number of alkyl halides is 3. The Balaban J connectivity index is 0. The molecule has 2 aromatic rings. The Morgan fingerprint density at radius 2 is 1.00 bits per heavy atom. The van der Waals surface area contributed by atoms with Gasteiger partial charge in [-0.25, -0.2) is 0 Å². The number of hydrogen-bond acceptors (Lipinski definition) is 1. The van der Waals surface area contributed by atoms with E-state index in [1.165, 1.54) is 5.56 Å². The lowest BCUT2D eigenvalue weighted by Gasteiger charge is -1.82. The predicted molar refractivity (Wildman–Crippen MR) is 91.7 cm³/mol. The molecule has 1 N–H and O–H groups in total. The fourth-order valence-corrected chi connectivity index (χ4v) is 0.919. The highest BCUT2D eigenvalue weighted by molar-refractivity contribution is 6.63. The average Bonchev–Trinajstić information content (AvgIpc) is 2.42. The SMILES string of the molecule is CCO.Cc1ccccc1.ClC(Cl)Cl.c1ccccc1. The zero-order valence-corrected chi connectivity index (χ0v) is 14.0. The molecule has 0 aromatic heterocycles. The average molecular weight is 336 g/mol. The smallest absolute Gasteiger partial charge is 0.180 e. The molecule has 0 aliphatic heterocycles. The Hall–Kier alpha value is -0.730. The summed E-state index contributed by atoms with van der Waals surface area (Å²) in [5, 5.41) is 7.57. The Labute approximate surface area is 137 Å². The molecule has 0 bridgehead atoms. The number of aliphatic hydroxyl groups excluding tert-OH is 1. The summed E-state index contributed by atoms with van der Waals surface area (Å²) in [6, 6.07) is 22.3. The van der Waals surface area contributed by atoms with Crippen molar-refractivity contribution in [3.8, 4) is 0 Å². The highest BCUT2D eigenvalue weighted by atomic mass is 35.6. The third-order valence-corrected chi connectivity index (χ3v) is 1.61. The second-order valence-electron chi connectivity index (χ2n) is 3.37. The number of aliphatic hydroxyl groups is 1. The summed E-state index contributed by atoms with van der Waals surface area (Å²) in [6.45, 7) is 4.01. The predicted octanol–water partition coefficient (Wildman–Crippen LogP) is 5.67. The van der Waals surface area contributed by atoms with Gasteiger partial charge in [0.05, 0.1) is 0 Å². The lowest BCUT2D eigenvalue weighted by Crippen LogP contribution is -1.62. The van der Waals surface area contributed by atoms with Gasteiger partial charge in [0.1, 0.15) is 0 Å². The normalized spacial score (nSPS) is 8.15. The molecule has 0 atom stereocenters. The molecule has 0 radical (unpaired) electrons. The summed E-state index contributed by atoms with van der Waals surface area (Å²) < 4.78 is -0.750. The van der Waals surface area contributed by atoms with Crippen LogP contribution in [0.25, 0.3) is 0 Å². The fraction of sp³-hybridized carbons (Fsp3) is 0.250. The zero-order chi connectivity index (χ0) is 15.6. The minimum Gasteiger partial charge on any atom is -0.397 e. The Morgan fingerprint density at radius 3 is 1.15 bits per heavy atom. The van der Waals surface area contributed by atoms with E-state index in [2.05, 4.69) is 19.1 Å². The zero-order valence-electron chi connectivity index (χ0n) is 11.7. The summed E-state index contributed by atoms with van der Waals surface area (Å²) in [7, 11) is 0. The molecule has 0 heterocycles. The number of hydrogen-bond donors (Lipinski definition) is 1. The molecule has 0 unspecified atom stereocenters. The van der Waals surface area contributed by atoms with E-state index in [9.17, 15) is 0 Å². The maximum absolute atomic E-state index is 7.57. The van der Waals surface area contributed by atoms with Gasteiger partial charge in [0.2, 0.25) is 0 Å². The van der Waals surface area contributed by atoms with Crippen LogP contribution >= 0.6 is 34.8 Å². The van der Waals surface area contributed by atoms with Crippen LogP contribution in [0.2, 0.25) is 0 Å². The minimum absolute atomic E-state index is 0.250. The van der Waals surface area contributed by atoms with Crippen molar-refractivity contribution in [2.75, 3.05) is 6.61 Å². The first kappa shape index (κ1) is 21.6. The van der Waals surface area contributed by atoms with Crippen LogP contribution in [0, 0.1) is 6.92 Å². The van der Waals surface area contributed by atoms with Gasteiger partial charge in [-0.3, -0.25) is 0 Å². The van der Waals surface area contributed by atoms with Crippen molar-refractivity contribution >= 4 is 34.8 Å². The molecular formula is C16H21Cl3O. The van der Waals surface area contributed by atoms with Gasteiger partial charge in [0.25, 0.3) is 0 Å². The molecule has 0 aliphatic carbocycles. The van der Waals surface area contributed by atoms with Crippen LogP contribution < -0.4 is 0 Å². The van der Waals surface area contributed by atoms with Gasteiger partial charge in [0.15, 0.2) is 4.30 Å². The molecule has 112 valence electrons. The number of aryl methyl sites for hydroxylation is 1. The number of benzene rings is 2. The van der Waals surface area contributed by atoms with Crippen molar-refractivity contribution < 1.29 is 5.11 Å². The fourth-order valence-electron chi connectivity index (χ4n) is 0.919. The molecular weight excluding hydrogens is 315 g/mol. The monoisotopic (exact) mass is 334 g/mol. The van der Waals surface area contributed by atoms with Crippen LogP contribution in [0.3, 0.4) is 0 Å². The highest BCUT2D eigenvalue weighted by Gasteiger charge is 1.78. The number of halogens is 3. The summed E-state index contributed by atoms with van der Waals surface area (Å²) in [4.78, 5) is 0. The van der Waals surface area contributed by atoms with Crippen molar-refractivity contribution in [1.82, 2.24) is 0 Å². The van der Waals surface area contributed by atoms with Crippen LogP contribution in [-0.2, 0) is 0 Å². The quantitative estimate of drug-likeness (QED) is 0.615. The summed E-state index contributed by atoms with van der Waals surface area (Å²) in [5.41, 5.74) is 1.32. The summed E-state index contributed by atoms with van der Waals surface area (Å²) in [6.07, 6.45) is 0. The van der Waals surface area contributed by atoms with E-state index in [1.807, 2.05) is 54.6 Å². The van der Waals surface area contributed by atoms with E-state index < -0.39 is 4.30 Å². The highest BCUT2D eigenvalue weighted by Crippen LogP contribution is 2.03. The molecule has 0 saturated carbocycles. The van der Waals surface area contributed by atoms with Crippen LogP contribution in [-0.4, -0.2) is 16.0 Å². The second kappa shape index (κ2) is 18.3. The largest absolute Gasteiger partial charge is 0.397 e. The van der Waals surface area contributed by atoms with Gasteiger partial charge < -0.3 is 5.11 Å². The summed E-state index contributed by atoms with van der Waals surface area (Å²) in [5.74, 6) is 0. The van der Waals surface area contributed by atoms with E-state index in [0.29, 0.717) is 0 Å². The molecule has 0 amide bonds. The Bertz CT molecular complexity index is 337. The molecule has 0 aliphatic rings. The van der Waals surface area contributed by atoms with Crippen LogP contribution in [0.5, 0.6) is 0 Å². The van der Waals surface area contributed by atoms with E-state index in [0.717, 1.165) is 0 Å². The second-order valence-corrected chi connectivity index (χ2v) is 5.35. The third kappa shape index (κ3) is 26.0. The Kier molecular flexibility index (Phi) is 19.7. The summed E-state index contributed by atoms with van der Waals surface area (Å²) >= 11 is 14.4. The lowest BCUT2D eigenvalue weighted by molar-refractivity contribution is 0.318. The first-order chi connectivity index (χ1) is 9.54. The number of rotatable bonds is 0. The lowest BCUT2D eigenvalue weighted by atomic mass is 10.2. The van der Waals surface area contributed by atoms with E-state index >= 15 is 0 Å². The molecule has 20 heavy (non-hydrogen) atoms. The van der Waals surface area contributed by atoms with Crippen LogP contribution in [0.15, 0.2) is 66.7 Å². The van der Waals surface area contributed by atoms with Crippen molar-refractivity contribution in [3.63, 3.8) is 0 Å². The standard InChI is InChI=1S/C7H8.C6H6.C2H6O.CHCl3/c1-7-5-3-2-4-6-7;1-2-4-6-5-3-1;1-2-3;2-1(3)4/h2-6H,1H3;1-6H;3H,2H2,1H3;1H. The molecule has 2 rings (SSSR count). The van der Waals surface area contributed by atoms with Gasteiger partial charge in [0, 0.05) is 6.61 Å². The van der Waals surface area contributed by atoms with Crippen LogP contribution in [0.4, 0.5) is 0 Å². The molecule has 4 heteroatoms. The first-order valence-electron chi connectivity index (χ1n) is 6.09. The van der Waals surface area contributed by atoms with Crippen molar-refractivity contribution in [1.29, 1.82) is 0 Å². The topological polar surface area (TPSA) is 20.2 Å². The molecule has 0 spiro atoms. The van der Waals surface area contributed by atoms with E-state index in [4.69, 9.17) is 39.9 Å². The van der Waals surface area contributed by atoms with Gasteiger partial charge in [-0.2, -0.15) is 0 Å². The van der Waals surface area contributed by atoms with Crippen LogP contribution in [0.1, 0.15) is 12.5 Å². The molecule has 0 saturated heterocycles. The van der Waals surface area contributed by atoms with Crippen molar-refractivity contribution in [2.24, 2.45) is 0 Å². The van der Waals surface area contributed by atoms with Gasteiger partial charge in [-0.1, -0.05) is 107 Å². The first-order valence-corrected chi connectivity index (χ1v) is 7.40. The minimum atomic E-state index is -0.750.